The molecule has 0 bridgehead atoms. The van der Waals surface area contributed by atoms with E-state index in [2.05, 4.69) is 41.0 Å². The Morgan fingerprint density at radius 2 is 2.00 bits per heavy atom. The van der Waals surface area contributed by atoms with Gasteiger partial charge in [-0.05, 0) is 34.9 Å². The Morgan fingerprint density at radius 1 is 1.33 bits per heavy atom. The van der Waals surface area contributed by atoms with Crippen molar-refractivity contribution in [3.8, 4) is 11.1 Å². The van der Waals surface area contributed by atoms with Gasteiger partial charge in [0.15, 0.2) is 0 Å². The van der Waals surface area contributed by atoms with Gasteiger partial charge in [0.05, 0.1) is 24.4 Å². The van der Waals surface area contributed by atoms with Gasteiger partial charge >= 0.3 is 6.09 Å². The summed E-state index contributed by atoms with van der Waals surface area (Å²) >= 11 is 1.77. The minimum atomic E-state index is -0.550. The van der Waals surface area contributed by atoms with Crippen LogP contribution in [0.3, 0.4) is 0 Å². The zero-order valence-corrected chi connectivity index (χ0v) is 16.9. The Kier molecular flexibility index (Phi) is 7.04. The number of hydrogen-bond donors (Lipinski definition) is 3. The predicted molar refractivity (Wildman–Crippen MR) is 110 cm³/mol. The van der Waals surface area contributed by atoms with Crippen LogP contribution in [0.1, 0.15) is 32.5 Å². The average Bonchev–Trinajstić information content (AvgIpc) is 2.61. The van der Waals surface area contributed by atoms with Crippen molar-refractivity contribution in [1.82, 2.24) is 10.2 Å². The Morgan fingerprint density at radius 3 is 2.59 bits per heavy atom. The minimum Gasteiger partial charge on any atom is -0.453 e. The molecule has 2 aromatic rings. The lowest BCUT2D eigenvalue weighted by Crippen LogP contribution is -2.21. The molecule has 1 amide bonds. The molecule has 0 aliphatic heterocycles. The summed E-state index contributed by atoms with van der Waals surface area (Å²) < 4.78 is 4.55. The van der Waals surface area contributed by atoms with Crippen LogP contribution in [0.25, 0.3) is 11.1 Å². The number of thioether (sulfide) groups is 1. The van der Waals surface area contributed by atoms with E-state index in [1.807, 2.05) is 0 Å². The van der Waals surface area contributed by atoms with E-state index < -0.39 is 6.09 Å². The van der Waals surface area contributed by atoms with E-state index in [-0.39, 0.29) is 17.0 Å². The molecule has 0 aliphatic rings. The SMILES string of the molecule is COC(=O)Nc1ccc(-c2cc([C@@H](N)CSCC(C)(C)C)n[nH]c2=O)cc1. The van der Waals surface area contributed by atoms with Gasteiger partial charge in [-0.25, -0.2) is 9.89 Å². The van der Waals surface area contributed by atoms with Crippen molar-refractivity contribution in [3.05, 3.63) is 46.4 Å². The van der Waals surface area contributed by atoms with Crippen molar-refractivity contribution < 1.29 is 9.53 Å². The summed E-state index contributed by atoms with van der Waals surface area (Å²) in [5.74, 6) is 1.71. The molecule has 0 radical (unpaired) electrons. The molecule has 0 aliphatic carbocycles. The Hall–Kier alpha value is -2.32. The molecule has 4 N–H and O–H groups in total. The number of carbonyl (C=O) groups is 1. The second-order valence-corrected chi connectivity index (χ2v) is 8.44. The van der Waals surface area contributed by atoms with Gasteiger partial charge in [-0.1, -0.05) is 32.9 Å². The fourth-order valence-electron chi connectivity index (χ4n) is 2.31. The number of nitrogens with zero attached hydrogens (tertiary/aromatic N) is 1. The van der Waals surface area contributed by atoms with Crippen molar-refractivity contribution in [3.63, 3.8) is 0 Å². The lowest BCUT2D eigenvalue weighted by atomic mass is 10.0. The number of anilines is 1. The lowest BCUT2D eigenvalue weighted by molar-refractivity contribution is 0.187. The highest BCUT2D eigenvalue weighted by Gasteiger charge is 2.15. The molecule has 1 aromatic carbocycles. The quantitative estimate of drug-likeness (QED) is 0.697. The number of aromatic nitrogens is 2. The van der Waals surface area contributed by atoms with Gasteiger partial charge in [0.2, 0.25) is 0 Å². The molecule has 0 unspecified atom stereocenters. The zero-order chi connectivity index (χ0) is 20.0. The molecule has 0 spiro atoms. The van der Waals surface area contributed by atoms with Crippen LogP contribution in [0.15, 0.2) is 35.1 Å². The van der Waals surface area contributed by atoms with Gasteiger partial charge in [-0.2, -0.15) is 16.9 Å². The van der Waals surface area contributed by atoms with E-state index in [9.17, 15) is 9.59 Å². The van der Waals surface area contributed by atoms with Crippen molar-refractivity contribution >= 4 is 23.5 Å². The van der Waals surface area contributed by atoms with Gasteiger partial charge in [0.25, 0.3) is 5.56 Å². The molecule has 0 fully saturated rings. The lowest BCUT2D eigenvalue weighted by Gasteiger charge is -2.19. The average molecular weight is 391 g/mol. The van der Waals surface area contributed by atoms with Gasteiger partial charge in [0, 0.05) is 11.4 Å². The first-order valence-electron chi connectivity index (χ1n) is 8.58. The summed E-state index contributed by atoms with van der Waals surface area (Å²) in [6.45, 7) is 6.54. The highest BCUT2D eigenvalue weighted by atomic mass is 32.2. The number of rotatable bonds is 6. The highest BCUT2D eigenvalue weighted by molar-refractivity contribution is 7.99. The standard InChI is InChI=1S/C19H26N4O3S/c1-19(2,3)11-27-10-15(20)16-9-14(17(24)23-22-16)12-5-7-13(8-6-12)21-18(25)26-4/h5-9,15H,10-11,20H2,1-4H3,(H,21,25)(H,23,24)/t15-/m0/s1. The Bertz CT molecular complexity index is 828. The Labute approximate surface area is 163 Å². The highest BCUT2D eigenvalue weighted by Crippen LogP contribution is 2.24. The number of hydrogen-bond acceptors (Lipinski definition) is 6. The number of benzene rings is 1. The number of ether oxygens (including phenoxy) is 1. The molecule has 7 nitrogen and oxygen atoms in total. The largest absolute Gasteiger partial charge is 0.453 e. The van der Waals surface area contributed by atoms with E-state index in [1.54, 1.807) is 42.1 Å². The number of aromatic amines is 1. The van der Waals surface area contributed by atoms with Crippen molar-refractivity contribution in [2.45, 2.75) is 26.8 Å². The monoisotopic (exact) mass is 390 g/mol. The number of nitrogens with two attached hydrogens (primary N) is 1. The molecular weight excluding hydrogens is 364 g/mol. The first-order valence-corrected chi connectivity index (χ1v) is 9.73. The maximum atomic E-state index is 12.2. The number of methoxy groups -OCH3 is 1. The van der Waals surface area contributed by atoms with Crippen LogP contribution in [-0.4, -0.2) is 34.9 Å². The third-order valence-corrected chi connectivity index (χ3v) is 5.33. The van der Waals surface area contributed by atoms with Crippen LogP contribution in [0.5, 0.6) is 0 Å². The summed E-state index contributed by atoms with van der Waals surface area (Å²) in [5, 5.41) is 9.19. The third-order valence-electron chi connectivity index (χ3n) is 3.66. The van der Waals surface area contributed by atoms with E-state index in [0.717, 1.165) is 11.5 Å². The normalized spacial score (nSPS) is 12.5. The molecule has 1 atom stereocenters. The minimum absolute atomic E-state index is 0.230. The molecule has 0 saturated carbocycles. The Balaban J connectivity index is 2.14. The van der Waals surface area contributed by atoms with Crippen LogP contribution in [-0.2, 0) is 4.74 Å². The molecule has 1 aromatic heterocycles. The van der Waals surface area contributed by atoms with Crippen LogP contribution < -0.4 is 16.6 Å². The van der Waals surface area contributed by atoms with E-state index >= 15 is 0 Å². The first-order chi connectivity index (χ1) is 12.7. The van der Waals surface area contributed by atoms with Gasteiger partial charge < -0.3 is 10.5 Å². The molecule has 1 heterocycles. The number of amides is 1. The van der Waals surface area contributed by atoms with E-state index in [4.69, 9.17) is 5.73 Å². The molecule has 27 heavy (non-hydrogen) atoms. The number of H-pyrrole nitrogens is 1. The van der Waals surface area contributed by atoms with Crippen LogP contribution in [0, 0.1) is 5.41 Å². The van der Waals surface area contributed by atoms with Crippen LogP contribution in [0.4, 0.5) is 10.5 Å². The molecule has 2 rings (SSSR count). The summed E-state index contributed by atoms with van der Waals surface area (Å²) in [6, 6.07) is 8.35. The predicted octanol–water partition coefficient (Wildman–Crippen LogP) is 3.39. The number of carbonyl (C=O) groups excluding carboxylic acids is 1. The van der Waals surface area contributed by atoms with Crippen molar-refractivity contribution in [1.29, 1.82) is 0 Å². The fourth-order valence-corrected chi connectivity index (χ4v) is 3.46. The van der Waals surface area contributed by atoms with E-state index in [0.29, 0.717) is 22.5 Å². The van der Waals surface area contributed by atoms with Gasteiger partial charge in [-0.15, -0.1) is 0 Å². The summed E-state index contributed by atoms with van der Waals surface area (Å²) in [5.41, 5.74) is 8.61. The van der Waals surface area contributed by atoms with Crippen molar-refractivity contribution in [2.24, 2.45) is 11.1 Å². The van der Waals surface area contributed by atoms with Gasteiger partial charge in [-0.3, -0.25) is 10.1 Å². The molecule has 0 saturated heterocycles. The summed E-state index contributed by atoms with van der Waals surface area (Å²) in [4.78, 5) is 23.4. The topological polar surface area (TPSA) is 110 Å². The molecule has 8 heteroatoms. The van der Waals surface area contributed by atoms with Gasteiger partial charge in [0.1, 0.15) is 0 Å². The van der Waals surface area contributed by atoms with E-state index in [1.165, 1.54) is 7.11 Å². The van der Waals surface area contributed by atoms with Crippen LogP contribution in [0.2, 0.25) is 0 Å². The first kappa shape index (κ1) is 21.0. The fraction of sp³-hybridized carbons (Fsp3) is 0.421. The summed E-state index contributed by atoms with van der Waals surface area (Å²) in [6.07, 6.45) is -0.550. The summed E-state index contributed by atoms with van der Waals surface area (Å²) in [7, 11) is 1.30. The maximum absolute atomic E-state index is 12.2. The van der Waals surface area contributed by atoms with Crippen molar-refractivity contribution in [2.75, 3.05) is 23.9 Å². The number of nitrogens with one attached hydrogen (secondary N) is 2. The maximum Gasteiger partial charge on any atom is 0.411 e. The molecule has 146 valence electrons. The third kappa shape index (κ3) is 6.41. The smallest absolute Gasteiger partial charge is 0.411 e. The van der Waals surface area contributed by atoms with Crippen LogP contribution >= 0.6 is 11.8 Å². The second kappa shape index (κ2) is 9.05. The second-order valence-electron chi connectivity index (χ2n) is 7.41. The molecular formula is C19H26N4O3S. The zero-order valence-electron chi connectivity index (χ0n) is 16.0.